The van der Waals surface area contributed by atoms with Gasteiger partial charge >= 0.3 is 39.5 Å². The van der Waals surface area contributed by atoms with E-state index in [0.717, 1.165) is 95.8 Å². The third-order valence-electron chi connectivity index (χ3n) is 19.8. The first-order chi connectivity index (χ1) is 50.0. The van der Waals surface area contributed by atoms with E-state index < -0.39 is 97.5 Å². The quantitative estimate of drug-likeness (QED) is 0.0222. The zero-order valence-electron chi connectivity index (χ0n) is 67.5. The van der Waals surface area contributed by atoms with E-state index in [0.29, 0.717) is 25.7 Å². The molecule has 0 aromatic carbocycles. The lowest BCUT2D eigenvalue weighted by molar-refractivity contribution is -0.161. The highest BCUT2D eigenvalue weighted by Gasteiger charge is 2.30. The lowest BCUT2D eigenvalue weighted by atomic mass is 10.0. The monoisotopic (exact) mass is 1510 g/mol. The van der Waals surface area contributed by atoms with Gasteiger partial charge in [-0.2, -0.15) is 0 Å². The van der Waals surface area contributed by atoms with E-state index in [2.05, 4.69) is 34.6 Å². The Balaban J connectivity index is 5.24. The molecule has 0 aliphatic carbocycles. The van der Waals surface area contributed by atoms with Crippen LogP contribution in [-0.2, 0) is 65.4 Å². The van der Waals surface area contributed by atoms with Gasteiger partial charge in [0.15, 0.2) is 12.2 Å². The fourth-order valence-corrected chi connectivity index (χ4v) is 14.7. The molecule has 17 nitrogen and oxygen atoms in total. The summed E-state index contributed by atoms with van der Waals surface area (Å²) in [5.41, 5.74) is 0. The molecule has 0 aromatic heterocycles. The summed E-state index contributed by atoms with van der Waals surface area (Å²) in [7, 11) is -9.92. The number of unbranched alkanes of at least 4 members (excludes halogenated alkanes) is 56. The van der Waals surface area contributed by atoms with Gasteiger partial charge in [-0.05, 0) is 31.6 Å². The number of aliphatic hydroxyl groups excluding tert-OH is 1. The fraction of sp³-hybridized carbons (Fsp3) is 0.952. The highest BCUT2D eigenvalue weighted by Crippen LogP contribution is 2.45. The average Bonchev–Trinajstić information content (AvgIpc) is 0.930. The number of phosphoric ester groups is 2. The molecule has 0 aromatic rings. The van der Waals surface area contributed by atoms with E-state index in [4.69, 9.17) is 37.0 Å². The molecule has 0 saturated heterocycles. The van der Waals surface area contributed by atoms with Crippen LogP contribution in [-0.4, -0.2) is 96.7 Å². The Labute approximate surface area is 632 Å². The van der Waals surface area contributed by atoms with Crippen molar-refractivity contribution in [2.75, 3.05) is 39.6 Å². The van der Waals surface area contributed by atoms with Crippen LogP contribution >= 0.6 is 15.6 Å². The van der Waals surface area contributed by atoms with Crippen LogP contribution in [0.1, 0.15) is 452 Å². The topological polar surface area (TPSA) is 237 Å². The molecule has 612 valence electrons. The summed E-state index contributed by atoms with van der Waals surface area (Å²) in [6, 6.07) is 0. The van der Waals surface area contributed by atoms with Gasteiger partial charge in [-0.3, -0.25) is 37.3 Å². The predicted octanol–water partition coefficient (Wildman–Crippen LogP) is 25.6. The Morgan fingerprint density at radius 1 is 0.262 bits per heavy atom. The first-order valence-corrected chi connectivity index (χ1v) is 46.6. The molecule has 2 unspecified atom stereocenters. The summed E-state index contributed by atoms with van der Waals surface area (Å²) in [5, 5.41) is 10.7. The van der Waals surface area contributed by atoms with Crippen molar-refractivity contribution in [3.63, 3.8) is 0 Å². The normalized spacial score (nSPS) is 13.8. The van der Waals surface area contributed by atoms with Gasteiger partial charge < -0.3 is 33.8 Å². The van der Waals surface area contributed by atoms with E-state index >= 15 is 0 Å². The highest BCUT2D eigenvalue weighted by atomic mass is 31.2. The minimum atomic E-state index is -4.96. The van der Waals surface area contributed by atoms with Gasteiger partial charge in [0.1, 0.15) is 19.3 Å². The predicted molar refractivity (Wildman–Crippen MR) is 423 cm³/mol. The maximum absolute atomic E-state index is 13.1. The maximum Gasteiger partial charge on any atom is 0.472 e. The average molecular weight is 1510 g/mol. The molecule has 0 aliphatic heterocycles. The van der Waals surface area contributed by atoms with Crippen molar-refractivity contribution in [2.45, 2.75) is 470 Å². The largest absolute Gasteiger partial charge is 0.472 e. The van der Waals surface area contributed by atoms with Crippen LogP contribution in [0.15, 0.2) is 0 Å². The van der Waals surface area contributed by atoms with Crippen molar-refractivity contribution in [3.8, 4) is 0 Å². The second kappa shape index (κ2) is 76.8. The third kappa shape index (κ3) is 78.0. The van der Waals surface area contributed by atoms with Crippen LogP contribution in [0.4, 0.5) is 0 Å². The van der Waals surface area contributed by atoms with Gasteiger partial charge in [0.25, 0.3) is 0 Å². The number of carbonyl (C=O) groups is 4. The van der Waals surface area contributed by atoms with Gasteiger partial charge in [0.05, 0.1) is 26.4 Å². The first-order valence-electron chi connectivity index (χ1n) is 43.6. The van der Waals surface area contributed by atoms with Crippen LogP contribution in [0.2, 0.25) is 0 Å². The smallest absolute Gasteiger partial charge is 0.462 e. The minimum absolute atomic E-state index is 0.108. The summed E-state index contributed by atoms with van der Waals surface area (Å²) in [4.78, 5) is 73.2. The fourth-order valence-electron chi connectivity index (χ4n) is 13.1. The molecule has 5 atom stereocenters. The van der Waals surface area contributed by atoms with Gasteiger partial charge in [0.2, 0.25) is 0 Å². The van der Waals surface area contributed by atoms with Gasteiger partial charge in [-0.1, -0.05) is 401 Å². The SMILES string of the molecule is CCCCCCCCCCCCCCCCCCCCCCC(=O)O[C@H](COC(=O)CCCCCCCCCCCCCCCCCC)COP(=O)(O)OC[C@@H](O)COP(=O)(O)OC[C@@H](COC(=O)CCCCCCCCCCC(C)C)OC(=O)CCCCCCCCCCCCCCCCCC. The van der Waals surface area contributed by atoms with Crippen molar-refractivity contribution in [3.05, 3.63) is 0 Å². The standard InChI is InChI=1S/C84H164O17P2/c1-6-9-12-15-18-21-24-27-30-33-34-35-36-39-42-45-48-55-60-65-70-83(88)100-79(73-94-81(86)67-62-57-52-46-43-40-37-31-28-25-22-19-16-13-10-7-2)75-98-102(90,91)96-71-78(85)72-97-103(92,93)99-76-80(74-95-82(87)68-63-58-53-50-49-51-56-61-66-77(4)5)101-84(89)69-64-59-54-47-44-41-38-32-29-26-23-20-17-14-11-8-3/h77-80,85H,6-76H2,1-5H3,(H,90,91)(H,92,93)/t78-,79-,80-/m1/s1. The van der Waals surface area contributed by atoms with Crippen molar-refractivity contribution < 1.29 is 80.2 Å². The van der Waals surface area contributed by atoms with E-state index in [1.54, 1.807) is 0 Å². The Hall–Kier alpha value is -1.94. The zero-order valence-corrected chi connectivity index (χ0v) is 69.3. The summed E-state index contributed by atoms with van der Waals surface area (Å²) in [6.07, 6.45) is 69.4. The Bertz CT molecular complexity index is 1960. The lowest BCUT2D eigenvalue weighted by Gasteiger charge is -2.21. The van der Waals surface area contributed by atoms with Crippen molar-refractivity contribution in [2.24, 2.45) is 5.92 Å². The van der Waals surface area contributed by atoms with Crippen molar-refractivity contribution >= 4 is 39.5 Å². The molecule has 0 rings (SSSR count). The number of hydrogen-bond donors (Lipinski definition) is 3. The van der Waals surface area contributed by atoms with Crippen LogP contribution < -0.4 is 0 Å². The second-order valence-electron chi connectivity index (χ2n) is 30.7. The number of rotatable bonds is 84. The molecule has 0 saturated carbocycles. The molecule has 0 bridgehead atoms. The first kappa shape index (κ1) is 101. The molecule has 3 N–H and O–H groups in total. The molecule has 0 radical (unpaired) electrons. The molecular formula is C84H164O17P2. The van der Waals surface area contributed by atoms with Crippen molar-refractivity contribution in [1.29, 1.82) is 0 Å². The van der Waals surface area contributed by atoms with Crippen molar-refractivity contribution in [1.82, 2.24) is 0 Å². The van der Waals surface area contributed by atoms with Crippen LogP contribution in [0.3, 0.4) is 0 Å². The summed E-state index contributed by atoms with van der Waals surface area (Å²) in [6.45, 7) is 7.32. The molecule has 0 fully saturated rings. The second-order valence-corrected chi connectivity index (χ2v) is 33.6. The Morgan fingerprint density at radius 2 is 0.447 bits per heavy atom. The Morgan fingerprint density at radius 3 is 0.660 bits per heavy atom. The summed E-state index contributed by atoms with van der Waals surface area (Å²) in [5.74, 6) is -1.38. The van der Waals surface area contributed by atoms with Gasteiger partial charge in [-0.15, -0.1) is 0 Å². The van der Waals surface area contributed by atoms with Crippen LogP contribution in [0.5, 0.6) is 0 Å². The number of aliphatic hydroxyl groups is 1. The summed E-state index contributed by atoms with van der Waals surface area (Å²) < 4.78 is 68.8. The van der Waals surface area contributed by atoms with Crippen LogP contribution in [0, 0.1) is 5.92 Å². The highest BCUT2D eigenvalue weighted by molar-refractivity contribution is 7.47. The number of phosphoric acid groups is 2. The van der Waals surface area contributed by atoms with E-state index in [9.17, 15) is 43.2 Å². The molecule has 0 amide bonds. The molecular weight excluding hydrogens is 1340 g/mol. The number of hydrogen-bond acceptors (Lipinski definition) is 15. The minimum Gasteiger partial charge on any atom is -0.462 e. The molecule has 19 heteroatoms. The number of esters is 4. The molecule has 0 heterocycles. The lowest BCUT2D eigenvalue weighted by Crippen LogP contribution is -2.30. The van der Waals surface area contributed by atoms with Gasteiger partial charge in [0, 0.05) is 25.7 Å². The maximum atomic E-state index is 13.1. The number of ether oxygens (including phenoxy) is 4. The molecule has 0 spiro atoms. The van der Waals surface area contributed by atoms with E-state index in [1.165, 1.54) is 276 Å². The van der Waals surface area contributed by atoms with Crippen LogP contribution in [0.25, 0.3) is 0 Å². The molecule has 103 heavy (non-hydrogen) atoms. The number of carbonyl (C=O) groups excluding carboxylic acids is 4. The van der Waals surface area contributed by atoms with Gasteiger partial charge in [-0.25, -0.2) is 9.13 Å². The zero-order chi connectivity index (χ0) is 75.5. The van der Waals surface area contributed by atoms with E-state index in [1.807, 2.05) is 0 Å². The third-order valence-corrected chi connectivity index (χ3v) is 21.7. The summed E-state index contributed by atoms with van der Waals surface area (Å²) >= 11 is 0. The Kier molecular flexibility index (Phi) is 75.4. The molecule has 0 aliphatic rings. The van der Waals surface area contributed by atoms with E-state index in [-0.39, 0.29) is 25.7 Å².